The fourth-order valence-corrected chi connectivity index (χ4v) is 3.71. The molecule has 3 aromatic rings. The van der Waals surface area contributed by atoms with Crippen LogP contribution in [0.2, 0.25) is 0 Å². The van der Waals surface area contributed by atoms with Crippen molar-refractivity contribution in [3.63, 3.8) is 0 Å². The van der Waals surface area contributed by atoms with Crippen LogP contribution in [0, 0.1) is 13.8 Å². The minimum atomic E-state index is 0.313. The van der Waals surface area contributed by atoms with Gasteiger partial charge in [-0.1, -0.05) is 78.7 Å². The van der Waals surface area contributed by atoms with E-state index in [0.717, 1.165) is 5.75 Å². The third-order valence-corrected chi connectivity index (χ3v) is 4.90. The molecule has 1 nitrogen and oxygen atoms in total. The van der Waals surface area contributed by atoms with E-state index >= 15 is 0 Å². The standard InChI is InChI=1S/C24H26O/c1-17-14-18(2)16-22(15-17)19(3)24(20-8-6-5-7-9-20)21-10-12-23(25-4)13-11-21/h5-16,19,24H,1-4H3/t19-,24-/m0/s1. The number of methoxy groups -OCH3 is 1. The molecule has 128 valence electrons. The first-order valence-electron chi connectivity index (χ1n) is 8.85. The minimum absolute atomic E-state index is 0.313. The third-order valence-electron chi connectivity index (χ3n) is 4.90. The topological polar surface area (TPSA) is 9.23 Å². The average Bonchev–Trinajstić information content (AvgIpc) is 2.62. The summed E-state index contributed by atoms with van der Waals surface area (Å²) in [6.45, 7) is 6.68. The van der Waals surface area contributed by atoms with E-state index in [1.165, 1.54) is 27.8 Å². The lowest BCUT2D eigenvalue weighted by Crippen LogP contribution is -2.11. The second-order valence-electron chi connectivity index (χ2n) is 6.87. The molecule has 0 aromatic heterocycles. The van der Waals surface area contributed by atoms with Crippen LogP contribution in [0.15, 0.2) is 72.8 Å². The van der Waals surface area contributed by atoms with E-state index in [-0.39, 0.29) is 0 Å². The maximum absolute atomic E-state index is 5.33. The highest BCUT2D eigenvalue weighted by atomic mass is 16.5. The summed E-state index contributed by atoms with van der Waals surface area (Å²) in [5, 5.41) is 0. The van der Waals surface area contributed by atoms with Gasteiger partial charge in [-0.2, -0.15) is 0 Å². The van der Waals surface area contributed by atoms with Crippen LogP contribution in [0.1, 0.15) is 46.6 Å². The highest BCUT2D eigenvalue weighted by Gasteiger charge is 2.23. The lowest BCUT2D eigenvalue weighted by molar-refractivity contribution is 0.414. The fourth-order valence-electron chi connectivity index (χ4n) is 3.71. The summed E-state index contributed by atoms with van der Waals surface area (Å²) in [5.41, 5.74) is 6.70. The van der Waals surface area contributed by atoms with Crippen molar-refractivity contribution < 1.29 is 4.74 Å². The summed E-state index contributed by atoms with van der Waals surface area (Å²) in [4.78, 5) is 0. The molecule has 0 spiro atoms. The summed E-state index contributed by atoms with van der Waals surface area (Å²) in [6, 6.07) is 26.2. The van der Waals surface area contributed by atoms with Gasteiger partial charge in [-0.15, -0.1) is 0 Å². The predicted octanol–water partition coefficient (Wildman–Crippen LogP) is 6.25. The van der Waals surface area contributed by atoms with E-state index in [9.17, 15) is 0 Å². The lowest BCUT2D eigenvalue weighted by Gasteiger charge is -2.26. The minimum Gasteiger partial charge on any atom is -0.497 e. The SMILES string of the molecule is COc1ccc([C@H](c2ccccc2)[C@@H](C)c2cc(C)cc(C)c2)cc1. The number of ether oxygens (including phenoxy) is 1. The number of hydrogen-bond acceptors (Lipinski definition) is 1. The molecule has 0 heterocycles. The monoisotopic (exact) mass is 330 g/mol. The van der Waals surface area contributed by atoms with Crippen molar-refractivity contribution in [1.29, 1.82) is 0 Å². The van der Waals surface area contributed by atoms with Crippen molar-refractivity contribution in [2.24, 2.45) is 0 Å². The van der Waals surface area contributed by atoms with Gasteiger partial charge in [0, 0.05) is 5.92 Å². The molecule has 0 fully saturated rings. The van der Waals surface area contributed by atoms with Crippen LogP contribution < -0.4 is 4.74 Å². The Morgan fingerprint density at radius 3 is 1.80 bits per heavy atom. The molecule has 2 atom stereocenters. The summed E-state index contributed by atoms with van der Waals surface area (Å²) < 4.78 is 5.33. The van der Waals surface area contributed by atoms with Crippen molar-refractivity contribution in [3.05, 3.63) is 101 Å². The van der Waals surface area contributed by atoms with Gasteiger partial charge >= 0.3 is 0 Å². The molecule has 0 N–H and O–H groups in total. The highest BCUT2D eigenvalue weighted by Crippen LogP contribution is 2.39. The Bertz CT molecular complexity index is 798. The van der Waals surface area contributed by atoms with Gasteiger partial charge in [-0.05, 0) is 48.6 Å². The van der Waals surface area contributed by atoms with Gasteiger partial charge in [0.2, 0.25) is 0 Å². The van der Waals surface area contributed by atoms with Crippen molar-refractivity contribution >= 4 is 0 Å². The van der Waals surface area contributed by atoms with E-state index in [2.05, 4.69) is 93.6 Å². The molecule has 0 amide bonds. The van der Waals surface area contributed by atoms with E-state index in [1.54, 1.807) is 7.11 Å². The zero-order valence-corrected chi connectivity index (χ0v) is 15.5. The van der Waals surface area contributed by atoms with Crippen LogP contribution in [0.25, 0.3) is 0 Å². The number of aryl methyl sites for hydroxylation is 2. The predicted molar refractivity (Wildman–Crippen MR) is 106 cm³/mol. The molecular formula is C24H26O. The normalized spacial score (nSPS) is 13.3. The van der Waals surface area contributed by atoms with E-state index < -0.39 is 0 Å². The summed E-state index contributed by atoms with van der Waals surface area (Å²) >= 11 is 0. The van der Waals surface area contributed by atoms with E-state index in [0.29, 0.717) is 11.8 Å². The molecule has 0 aliphatic carbocycles. The van der Waals surface area contributed by atoms with Gasteiger partial charge in [0.05, 0.1) is 7.11 Å². The van der Waals surface area contributed by atoms with Crippen LogP contribution in [0.4, 0.5) is 0 Å². The highest BCUT2D eigenvalue weighted by molar-refractivity contribution is 5.41. The Morgan fingerprint density at radius 2 is 1.24 bits per heavy atom. The van der Waals surface area contributed by atoms with Gasteiger partial charge < -0.3 is 4.74 Å². The van der Waals surface area contributed by atoms with Crippen LogP contribution in [-0.4, -0.2) is 7.11 Å². The molecule has 0 saturated heterocycles. The first kappa shape index (κ1) is 17.3. The first-order chi connectivity index (χ1) is 12.1. The molecule has 0 aliphatic rings. The molecule has 0 saturated carbocycles. The Hall–Kier alpha value is -2.54. The maximum Gasteiger partial charge on any atom is 0.118 e. The average molecular weight is 330 g/mol. The molecule has 1 heteroatoms. The van der Waals surface area contributed by atoms with Crippen molar-refractivity contribution in [2.45, 2.75) is 32.6 Å². The lowest BCUT2D eigenvalue weighted by atomic mass is 9.77. The Kier molecular flexibility index (Phi) is 5.23. The molecule has 3 aromatic carbocycles. The van der Waals surface area contributed by atoms with Crippen LogP contribution in [0.3, 0.4) is 0 Å². The van der Waals surface area contributed by atoms with Crippen molar-refractivity contribution in [2.75, 3.05) is 7.11 Å². The van der Waals surface area contributed by atoms with Crippen LogP contribution in [0.5, 0.6) is 5.75 Å². The largest absolute Gasteiger partial charge is 0.497 e. The van der Waals surface area contributed by atoms with Crippen molar-refractivity contribution in [3.8, 4) is 5.75 Å². The molecule has 25 heavy (non-hydrogen) atoms. The zero-order valence-electron chi connectivity index (χ0n) is 15.5. The number of benzene rings is 3. The zero-order chi connectivity index (χ0) is 17.8. The molecule has 3 rings (SSSR count). The summed E-state index contributed by atoms with van der Waals surface area (Å²) in [5.74, 6) is 1.59. The van der Waals surface area contributed by atoms with Gasteiger partial charge in [-0.25, -0.2) is 0 Å². The fraction of sp³-hybridized carbons (Fsp3) is 0.250. The molecule has 0 unspecified atom stereocenters. The number of hydrogen-bond donors (Lipinski definition) is 0. The van der Waals surface area contributed by atoms with E-state index in [4.69, 9.17) is 4.74 Å². The Labute approximate surface area is 151 Å². The van der Waals surface area contributed by atoms with Crippen LogP contribution in [-0.2, 0) is 0 Å². The Balaban J connectivity index is 2.06. The summed E-state index contributed by atoms with van der Waals surface area (Å²) in [7, 11) is 1.71. The second kappa shape index (κ2) is 7.57. The molecule has 0 aliphatic heterocycles. The molecule has 0 bridgehead atoms. The first-order valence-corrected chi connectivity index (χ1v) is 8.85. The van der Waals surface area contributed by atoms with Gasteiger partial charge in [0.15, 0.2) is 0 Å². The third kappa shape index (κ3) is 3.93. The van der Waals surface area contributed by atoms with Gasteiger partial charge in [0.25, 0.3) is 0 Å². The van der Waals surface area contributed by atoms with Crippen LogP contribution >= 0.6 is 0 Å². The molecule has 0 radical (unpaired) electrons. The smallest absolute Gasteiger partial charge is 0.118 e. The summed E-state index contributed by atoms with van der Waals surface area (Å²) in [6.07, 6.45) is 0. The number of rotatable bonds is 5. The second-order valence-corrected chi connectivity index (χ2v) is 6.87. The Morgan fingerprint density at radius 1 is 0.680 bits per heavy atom. The van der Waals surface area contributed by atoms with E-state index in [1.807, 2.05) is 0 Å². The maximum atomic E-state index is 5.33. The molecular weight excluding hydrogens is 304 g/mol. The van der Waals surface area contributed by atoms with Gasteiger partial charge in [0.1, 0.15) is 5.75 Å². The quantitative estimate of drug-likeness (QED) is 0.537. The van der Waals surface area contributed by atoms with Crippen molar-refractivity contribution in [1.82, 2.24) is 0 Å². The van der Waals surface area contributed by atoms with Gasteiger partial charge in [-0.3, -0.25) is 0 Å².